The van der Waals surface area contributed by atoms with Crippen LogP contribution in [0.4, 0.5) is 17.1 Å². The summed E-state index contributed by atoms with van der Waals surface area (Å²) < 4.78 is 6.03. The minimum absolute atomic E-state index is 0.545. The van der Waals surface area contributed by atoms with E-state index in [0.717, 1.165) is 39.2 Å². The maximum Gasteiger partial charge on any atom is 0.141 e. The quantitative estimate of drug-likeness (QED) is 0.152. The molecule has 0 aliphatic heterocycles. The highest BCUT2D eigenvalue weighted by Crippen LogP contribution is 2.59. The number of rotatable bonds is 8. The first-order chi connectivity index (χ1) is 32.7. The first kappa shape index (κ1) is 38.0. The van der Waals surface area contributed by atoms with Gasteiger partial charge in [0, 0.05) is 28.0 Å². The van der Waals surface area contributed by atoms with Crippen LogP contribution in [0.1, 0.15) is 44.5 Å². The van der Waals surface area contributed by atoms with Gasteiger partial charge in [-0.25, -0.2) is 0 Å². The summed E-state index contributed by atoms with van der Waals surface area (Å²) in [6, 6.07) is 94.0. The average molecular weight is 842 g/mol. The van der Waals surface area contributed by atoms with Crippen LogP contribution < -0.4 is 4.90 Å². The van der Waals surface area contributed by atoms with Gasteiger partial charge in [-0.05, 0) is 115 Å². The molecule has 0 unspecified atom stereocenters. The molecule has 11 aromatic rings. The maximum absolute atomic E-state index is 6.03. The van der Waals surface area contributed by atoms with Crippen molar-refractivity contribution in [2.24, 2.45) is 0 Å². The number of anilines is 3. The van der Waals surface area contributed by atoms with Crippen LogP contribution in [0, 0.1) is 0 Å². The number of benzene rings is 10. The highest BCUT2D eigenvalue weighted by Gasteiger charge is 2.48. The molecule has 13 rings (SSSR count). The third-order valence-electron chi connectivity index (χ3n) is 14.3. The van der Waals surface area contributed by atoms with Crippen molar-refractivity contribution in [3.63, 3.8) is 0 Å². The molecule has 66 heavy (non-hydrogen) atoms. The van der Waals surface area contributed by atoms with E-state index in [1.54, 1.807) is 6.26 Å². The normalized spacial score (nSPS) is 13.7. The van der Waals surface area contributed by atoms with Gasteiger partial charge in [-0.1, -0.05) is 212 Å². The van der Waals surface area contributed by atoms with Gasteiger partial charge in [-0.2, -0.15) is 0 Å². The third-order valence-corrected chi connectivity index (χ3v) is 14.3. The summed E-state index contributed by atoms with van der Waals surface area (Å²) in [6.07, 6.45) is 1.78. The van der Waals surface area contributed by atoms with Crippen molar-refractivity contribution in [1.82, 2.24) is 0 Å². The summed E-state index contributed by atoms with van der Waals surface area (Å²) >= 11 is 0. The summed E-state index contributed by atoms with van der Waals surface area (Å²) in [4.78, 5) is 2.46. The van der Waals surface area contributed by atoms with E-state index in [0.29, 0.717) is 0 Å². The van der Waals surface area contributed by atoms with E-state index in [1.807, 2.05) is 6.07 Å². The van der Waals surface area contributed by atoms with Crippen LogP contribution in [-0.4, -0.2) is 0 Å². The lowest BCUT2D eigenvalue weighted by molar-refractivity contribution is 0.617. The molecule has 0 spiro atoms. The van der Waals surface area contributed by atoms with Gasteiger partial charge in [0.1, 0.15) is 5.58 Å². The van der Waals surface area contributed by atoms with E-state index in [-0.39, 0.29) is 0 Å². The average Bonchev–Trinajstić information content (AvgIpc) is 4.08. The van der Waals surface area contributed by atoms with Crippen LogP contribution in [-0.2, 0) is 10.8 Å². The number of para-hydroxylation sites is 1. The Bertz CT molecular complexity index is 3310. The SMILES string of the molecule is c1ccc(C2(c3ccccc3)c3ccccc3-c3ccc(N(c4ccc(-c5cccc6ccoc56)cc4)c4ccc5c(c4)C(c4ccccc4)(c4ccccc4)c4ccccc4-5)cc32)cc1. The van der Waals surface area contributed by atoms with Gasteiger partial charge in [0.2, 0.25) is 0 Å². The largest absolute Gasteiger partial charge is 0.464 e. The van der Waals surface area contributed by atoms with Crippen molar-refractivity contribution >= 4 is 28.0 Å². The zero-order chi connectivity index (χ0) is 43.7. The number of furan rings is 1. The zero-order valence-electron chi connectivity index (χ0n) is 36.2. The Labute approximate surface area is 385 Å². The number of nitrogens with zero attached hydrogens (tertiary/aromatic N) is 1. The van der Waals surface area contributed by atoms with Crippen molar-refractivity contribution in [1.29, 1.82) is 0 Å². The van der Waals surface area contributed by atoms with Crippen LogP contribution >= 0.6 is 0 Å². The van der Waals surface area contributed by atoms with Gasteiger partial charge >= 0.3 is 0 Å². The first-order valence-corrected chi connectivity index (χ1v) is 22.8. The van der Waals surface area contributed by atoms with E-state index >= 15 is 0 Å². The Balaban J connectivity index is 1.08. The van der Waals surface area contributed by atoms with Gasteiger partial charge < -0.3 is 9.32 Å². The molecule has 310 valence electrons. The maximum atomic E-state index is 6.03. The van der Waals surface area contributed by atoms with Crippen LogP contribution in [0.15, 0.2) is 265 Å². The van der Waals surface area contributed by atoms with Crippen LogP contribution in [0.25, 0.3) is 44.3 Å². The first-order valence-electron chi connectivity index (χ1n) is 22.8. The highest BCUT2D eigenvalue weighted by molar-refractivity contribution is 5.95. The van der Waals surface area contributed by atoms with E-state index in [2.05, 4.69) is 254 Å². The van der Waals surface area contributed by atoms with Gasteiger partial charge in [0.15, 0.2) is 0 Å². The molecule has 10 aromatic carbocycles. The molecule has 2 aliphatic carbocycles. The van der Waals surface area contributed by atoms with Crippen molar-refractivity contribution in [2.75, 3.05) is 4.90 Å². The van der Waals surface area contributed by atoms with Gasteiger partial charge in [0.25, 0.3) is 0 Å². The Morgan fingerprint density at radius 3 is 1.15 bits per heavy atom. The summed E-state index contributed by atoms with van der Waals surface area (Å²) in [5.74, 6) is 0. The molecule has 2 aliphatic rings. The van der Waals surface area contributed by atoms with E-state index in [1.165, 1.54) is 66.8 Å². The van der Waals surface area contributed by atoms with Crippen molar-refractivity contribution < 1.29 is 4.42 Å². The fourth-order valence-corrected chi connectivity index (χ4v) is 11.6. The van der Waals surface area contributed by atoms with Crippen LogP contribution in [0.3, 0.4) is 0 Å². The molecule has 2 heteroatoms. The van der Waals surface area contributed by atoms with Gasteiger partial charge in [-0.3, -0.25) is 0 Å². The number of hydrogen-bond donors (Lipinski definition) is 0. The molecule has 1 aromatic heterocycles. The molecule has 0 amide bonds. The van der Waals surface area contributed by atoms with Gasteiger partial charge in [-0.15, -0.1) is 0 Å². The third kappa shape index (κ3) is 5.49. The second-order valence-corrected chi connectivity index (χ2v) is 17.5. The molecule has 1 heterocycles. The van der Waals surface area contributed by atoms with Crippen LogP contribution in [0.5, 0.6) is 0 Å². The lowest BCUT2D eigenvalue weighted by atomic mass is 9.67. The molecule has 0 saturated carbocycles. The summed E-state index contributed by atoms with van der Waals surface area (Å²) in [7, 11) is 0. The number of hydrogen-bond acceptors (Lipinski definition) is 2. The highest BCUT2D eigenvalue weighted by atomic mass is 16.3. The Kier molecular flexibility index (Phi) is 8.69. The lowest BCUT2D eigenvalue weighted by Gasteiger charge is -2.36. The molecule has 2 nitrogen and oxygen atoms in total. The van der Waals surface area contributed by atoms with E-state index in [4.69, 9.17) is 4.42 Å². The molecular weight excluding hydrogens is 799 g/mol. The monoisotopic (exact) mass is 841 g/mol. The summed E-state index contributed by atoms with van der Waals surface area (Å²) in [5, 5.41) is 1.09. The molecule has 0 N–H and O–H groups in total. The van der Waals surface area contributed by atoms with E-state index < -0.39 is 10.8 Å². The second kappa shape index (κ2) is 15.1. The zero-order valence-corrected chi connectivity index (χ0v) is 36.2. The molecule has 0 radical (unpaired) electrons. The smallest absolute Gasteiger partial charge is 0.141 e. The molecule has 0 saturated heterocycles. The lowest BCUT2D eigenvalue weighted by Crippen LogP contribution is -2.29. The Morgan fingerprint density at radius 1 is 0.288 bits per heavy atom. The predicted octanol–water partition coefficient (Wildman–Crippen LogP) is 16.3. The van der Waals surface area contributed by atoms with Crippen molar-refractivity contribution in [3.05, 3.63) is 306 Å². The summed E-state index contributed by atoms with van der Waals surface area (Å²) in [6.45, 7) is 0. The Hall–Kier alpha value is -8.46. The second-order valence-electron chi connectivity index (χ2n) is 17.5. The minimum Gasteiger partial charge on any atom is -0.464 e. The van der Waals surface area contributed by atoms with Crippen molar-refractivity contribution in [2.45, 2.75) is 10.8 Å². The number of fused-ring (bicyclic) bond motifs is 7. The molecule has 0 bridgehead atoms. The fraction of sp³-hybridized carbons (Fsp3) is 0.0312. The topological polar surface area (TPSA) is 16.4 Å². The predicted molar refractivity (Wildman–Crippen MR) is 271 cm³/mol. The van der Waals surface area contributed by atoms with Crippen molar-refractivity contribution in [3.8, 4) is 33.4 Å². The van der Waals surface area contributed by atoms with Gasteiger partial charge in [0.05, 0.1) is 17.1 Å². The summed E-state index contributed by atoms with van der Waals surface area (Å²) in [5.41, 5.74) is 20.3. The minimum atomic E-state index is -0.545. The van der Waals surface area contributed by atoms with E-state index in [9.17, 15) is 0 Å². The Morgan fingerprint density at radius 2 is 0.682 bits per heavy atom. The molecule has 0 atom stereocenters. The van der Waals surface area contributed by atoms with Crippen LogP contribution in [0.2, 0.25) is 0 Å². The molecular formula is C64H43NO. The molecule has 0 fully saturated rings. The standard InChI is InChI=1S/C64H43NO/c1-5-19-46(20-6-1)63(47-21-7-2-8-22-47)58-30-15-13-27-54(58)56-38-36-51(42-60(56)63)65(50-34-32-44(33-35-50)53-29-17-18-45-40-41-66-62(45)53)52-37-39-57-55-28-14-16-31-59(55)64(61(57)43-52,48-23-9-3-10-24-48)49-25-11-4-12-26-49/h1-43H. The fourth-order valence-electron chi connectivity index (χ4n) is 11.6.